The molecule has 1 aromatic rings. The minimum absolute atomic E-state index is 0.0408. The van der Waals surface area contributed by atoms with E-state index in [0.29, 0.717) is 5.02 Å². The average molecular weight is 263 g/mol. The Kier molecular flexibility index (Phi) is 3.77. The van der Waals surface area contributed by atoms with E-state index in [2.05, 4.69) is 5.16 Å². The van der Waals surface area contributed by atoms with E-state index in [4.69, 9.17) is 22.5 Å². The number of halogens is 1. The number of sulfone groups is 1. The van der Waals surface area contributed by atoms with Crippen LogP contribution in [0.25, 0.3) is 0 Å². The van der Waals surface area contributed by atoms with Gasteiger partial charge in [-0.3, -0.25) is 0 Å². The van der Waals surface area contributed by atoms with E-state index >= 15 is 0 Å². The number of hydrogen-bond donors (Lipinski definition) is 2. The lowest BCUT2D eigenvalue weighted by molar-refractivity contribution is 0.317. The highest BCUT2D eigenvalue weighted by molar-refractivity contribution is 7.92. The van der Waals surface area contributed by atoms with Crippen molar-refractivity contribution in [1.82, 2.24) is 0 Å². The van der Waals surface area contributed by atoms with Crippen LogP contribution in [0.5, 0.6) is 0 Å². The van der Waals surface area contributed by atoms with E-state index in [1.165, 1.54) is 25.1 Å². The van der Waals surface area contributed by atoms with Crippen molar-refractivity contribution in [2.24, 2.45) is 10.9 Å². The van der Waals surface area contributed by atoms with Crippen LogP contribution in [0.3, 0.4) is 0 Å². The van der Waals surface area contributed by atoms with Gasteiger partial charge >= 0.3 is 0 Å². The minimum Gasteiger partial charge on any atom is -0.409 e. The summed E-state index contributed by atoms with van der Waals surface area (Å²) in [5.74, 6) is -0.361. The fraction of sp³-hybridized carbons (Fsp3) is 0.222. The summed E-state index contributed by atoms with van der Waals surface area (Å²) in [5, 5.41) is 10.3. The molecule has 88 valence electrons. The van der Waals surface area contributed by atoms with E-state index in [1.54, 1.807) is 6.07 Å². The van der Waals surface area contributed by atoms with Crippen molar-refractivity contribution in [1.29, 1.82) is 0 Å². The summed E-state index contributed by atoms with van der Waals surface area (Å²) < 4.78 is 23.9. The molecular weight excluding hydrogens is 252 g/mol. The summed E-state index contributed by atoms with van der Waals surface area (Å²) in [6, 6.07) is 5.81. The summed E-state index contributed by atoms with van der Waals surface area (Å²) >= 11 is 5.69. The Bertz CT molecular complexity index is 513. The molecule has 1 aromatic carbocycles. The molecule has 7 heteroatoms. The lowest BCUT2D eigenvalue weighted by atomic mass is 10.4. The van der Waals surface area contributed by atoms with E-state index in [-0.39, 0.29) is 10.7 Å². The Labute approximate surface area is 98.4 Å². The van der Waals surface area contributed by atoms with Crippen molar-refractivity contribution in [3.05, 3.63) is 29.3 Å². The second kappa shape index (κ2) is 4.71. The third kappa shape index (κ3) is 2.45. The zero-order valence-electron chi connectivity index (χ0n) is 8.46. The fourth-order valence-electron chi connectivity index (χ4n) is 1.09. The minimum atomic E-state index is -3.67. The molecule has 0 aliphatic heterocycles. The van der Waals surface area contributed by atoms with Gasteiger partial charge in [0, 0.05) is 5.02 Å². The molecule has 0 spiro atoms. The summed E-state index contributed by atoms with van der Waals surface area (Å²) in [7, 11) is -3.67. The molecule has 0 aromatic heterocycles. The van der Waals surface area contributed by atoms with Crippen LogP contribution in [0.15, 0.2) is 34.3 Å². The number of oxime groups is 1. The highest BCUT2D eigenvalue weighted by Gasteiger charge is 2.27. The third-order valence-corrected chi connectivity index (χ3v) is 4.44. The first-order chi connectivity index (χ1) is 7.39. The molecule has 0 fully saturated rings. The molecule has 0 amide bonds. The number of amidine groups is 1. The molecule has 3 N–H and O–H groups in total. The predicted molar refractivity (Wildman–Crippen MR) is 61.5 cm³/mol. The van der Waals surface area contributed by atoms with Crippen molar-refractivity contribution in [3.63, 3.8) is 0 Å². The molecule has 5 nitrogen and oxygen atoms in total. The highest BCUT2D eigenvalue weighted by Crippen LogP contribution is 2.19. The summed E-state index contributed by atoms with van der Waals surface area (Å²) in [4.78, 5) is 0.0408. The second-order valence-electron chi connectivity index (χ2n) is 3.17. The van der Waals surface area contributed by atoms with Crippen LogP contribution < -0.4 is 5.73 Å². The van der Waals surface area contributed by atoms with Crippen LogP contribution in [0, 0.1) is 0 Å². The molecule has 0 saturated carbocycles. The number of nitrogens with two attached hydrogens (primary N) is 1. The lowest BCUT2D eigenvalue weighted by Gasteiger charge is -2.11. The summed E-state index contributed by atoms with van der Waals surface area (Å²) in [6.07, 6.45) is 0. The largest absolute Gasteiger partial charge is 0.409 e. The fourth-order valence-corrected chi connectivity index (χ4v) is 2.68. The van der Waals surface area contributed by atoms with Crippen molar-refractivity contribution in [2.75, 3.05) is 0 Å². The smallest absolute Gasteiger partial charge is 0.188 e. The zero-order valence-corrected chi connectivity index (χ0v) is 10.0. The van der Waals surface area contributed by atoms with Crippen LogP contribution in [0.2, 0.25) is 5.02 Å². The average Bonchev–Trinajstić information content (AvgIpc) is 2.27. The highest BCUT2D eigenvalue weighted by atomic mass is 35.5. The van der Waals surface area contributed by atoms with Crippen molar-refractivity contribution < 1.29 is 13.6 Å². The van der Waals surface area contributed by atoms with Crippen molar-refractivity contribution >= 4 is 27.3 Å². The van der Waals surface area contributed by atoms with Crippen molar-refractivity contribution in [2.45, 2.75) is 17.1 Å². The molecule has 16 heavy (non-hydrogen) atoms. The van der Waals surface area contributed by atoms with E-state index in [1.807, 2.05) is 0 Å². The van der Waals surface area contributed by atoms with E-state index in [0.717, 1.165) is 0 Å². The third-order valence-electron chi connectivity index (χ3n) is 2.12. The number of rotatable bonds is 3. The van der Waals surface area contributed by atoms with Gasteiger partial charge in [0.2, 0.25) is 0 Å². The Balaban J connectivity index is 3.22. The molecule has 0 radical (unpaired) electrons. The van der Waals surface area contributed by atoms with E-state index in [9.17, 15) is 8.42 Å². The Hall–Kier alpha value is -1.27. The zero-order chi connectivity index (χ0) is 12.3. The first kappa shape index (κ1) is 12.8. The van der Waals surface area contributed by atoms with Crippen LogP contribution in [0.4, 0.5) is 0 Å². The van der Waals surface area contributed by atoms with Crippen LogP contribution in [-0.4, -0.2) is 24.7 Å². The topological polar surface area (TPSA) is 92.8 Å². The normalized spacial score (nSPS) is 14.8. The van der Waals surface area contributed by atoms with Gasteiger partial charge in [-0.1, -0.05) is 22.8 Å². The monoisotopic (exact) mass is 262 g/mol. The maximum Gasteiger partial charge on any atom is 0.188 e. The molecule has 0 bridgehead atoms. The van der Waals surface area contributed by atoms with Crippen LogP contribution in [0.1, 0.15) is 6.92 Å². The maximum absolute atomic E-state index is 12.0. The van der Waals surface area contributed by atoms with Gasteiger partial charge in [-0.15, -0.1) is 0 Å². The quantitative estimate of drug-likeness (QED) is 0.371. The molecule has 1 atom stereocenters. The Morgan fingerprint density at radius 2 is 2.19 bits per heavy atom. The Morgan fingerprint density at radius 3 is 2.69 bits per heavy atom. The van der Waals surface area contributed by atoms with Crippen LogP contribution in [-0.2, 0) is 9.84 Å². The predicted octanol–water partition coefficient (Wildman–Crippen LogP) is 1.25. The molecule has 0 aliphatic rings. The number of benzene rings is 1. The van der Waals surface area contributed by atoms with Gasteiger partial charge < -0.3 is 10.9 Å². The summed E-state index contributed by atoms with van der Waals surface area (Å²) in [6.45, 7) is 1.34. The first-order valence-electron chi connectivity index (χ1n) is 4.36. The lowest BCUT2D eigenvalue weighted by Crippen LogP contribution is -2.33. The maximum atomic E-state index is 12.0. The van der Waals surface area contributed by atoms with Gasteiger partial charge in [0.25, 0.3) is 0 Å². The molecule has 0 aliphatic carbocycles. The number of hydrogen-bond acceptors (Lipinski definition) is 4. The molecule has 1 unspecified atom stereocenters. The van der Waals surface area contributed by atoms with Gasteiger partial charge in [-0.05, 0) is 25.1 Å². The van der Waals surface area contributed by atoms with Gasteiger partial charge in [-0.2, -0.15) is 0 Å². The SMILES string of the molecule is CC(C(N)=NO)S(=O)(=O)c1cccc(Cl)c1. The molecular formula is C9H11ClN2O3S. The number of nitrogens with zero attached hydrogens (tertiary/aromatic N) is 1. The summed E-state index contributed by atoms with van der Waals surface area (Å²) in [5.41, 5.74) is 5.27. The van der Waals surface area contributed by atoms with E-state index < -0.39 is 15.1 Å². The Morgan fingerprint density at radius 1 is 1.56 bits per heavy atom. The first-order valence-corrected chi connectivity index (χ1v) is 6.29. The van der Waals surface area contributed by atoms with Gasteiger partial charge in [0.1, 0.15) is 5.25 Å². The van der Waals surface area contributed by atoms with Gasteiger partial charge in [-0.25, -0.2) is 8.42 Å². The van der Waals surface area contributed by atoms with Gasteiger partial charge in [0.15, 0.2) is 15.7 Å². The van der Waals surface area contributed by atoms with Crippen molar-refractivity contribution in [3.8, 4) is 0 Å². The second-order valence-corrected chi connectivity index (χ2v) is 5.87. The van der Waals surface area contributed by atoms with Gasteiger partial charge in [0.05, 0.1) is 4.90 Å². The van der Waals surface area contributed by atoms with Crippen LogP contribution >= 0.6 is 11.6 Å². The molecule has 1 rings (SSSR count). The molecule has 0 heterocycles. The molecule has 0 saturated heterocycles. The standard InChI is InChI=1S/C9H11ClN2O3S/c1-6(9(11)12-13)16(14,15)8-4-2-3-7(10)5-8/h2-6,13H,1H3,(H2,11,12).